The van der Waals surface area contributed by atoms with Gasteiger partial charge in [-0.15, -0.1) is 0 Å². The Hall–Kier alpha value is -0.0800. The van der Waals surface area contributed by atoms with Crippen molar-refractivity contribution in [3.63, 3.8) is 0 Å². The summed E-state index contributed by atoms with van der Waals surface area (Å²) in [5.74, 6) is 1.02. The zero-order valence-electron chi connectivity index (χ0n) is 5.90. The monoisotopic (exact) mass is 128 g/mol. The molecule has 1 fully saturated rings. The highest BCUT2D eigenvalue weighted by molar-refractivity contribution is 4.69. The third-order valence-electron chi connectivity index (χ3n) is 2.10. The molecule has 0 aliphatic heterocycles. The topological polar surface area (TPSA) is 38.0 Å². The molecule has 54 valence electrons. The van der Waals surface area contributed by atoms with Crippen LogP contribution in [-0.2, 0) is 0 Å². The van der Waals surface area contributed by atoms with Crippen molar-refractivity contribution >= 4 is 0 Å². The average Bonchev–Trinajstić information content (AvgIpc) is 1.76. The molecule has 2 heteroatoms. The molecule has 0 heterocycles. The van der Waals surface area contributed by atoms with Gasteiger partial charge in [-0.05, 0) is 18.9 Å². The first-order chi connectivity index (χ1) is 4.43. The standard InChI is InChI=1S/C7H16N2/c8-6-9-5-4-7-2-1-3-7/h7,9H,1-6,8H2. The lowest BCUT2D eigenvalue weighted by Crippen LogP contribution is -2.26. The van der Waals surface area contributed by atoms with E-state index < -0.39 is 0 Å². The fraction of sp³-hybridized carbons (Fsp3) is 1.00. The summed E-state index contributed by atoms with van der Waals surface area (Å²) in [4.78, 5) is 0. The maximum Gasteiger partial charge on any atom is 0.0428 e. The fourth-order valence-electron chi connectivity index (χ4n) is 1.19. The van der Waals surface area contributed by atoms with Gasteiger partial charge in [0.2, 0.25) is 0 Å². The molecule has 0 spiro atoms. The fourth-order valence-corrected chi connectivity index (χ4v) is 1.19. The van der Waals surface area contributed by atoms with E-state index in [1.165, 1.54) is 25.7 Å². The van der Waals surface area contributed by atoms with E-state index in [4.69, 9.17) is 5.73 Å². The number of nitrogens with two attached hydrogens (primary N) is 1. The molecular formula is C7H16N2. The van der Waals surface area contributed by atoms with Crippen molar-refractivity contribution in [1.29, 1.82) is 0 Å². The van der Waals surface area contributed by atoms with E-state index in [9.17, 15) is 0 Å². The smallest absolute Gasteiger partial charge is 0.0428 e. The molecular weight excluding hydrogens is 112 g/mol. The predicted molar refractivity (Wildman–Crippen MR) is 39.0 cm³/mol. The highest BCUT2D eigenvalue weighted by Crippen LogP contribution is 2.28. The Morgan fingerprint density at radius 3 is 2.67 bits per heavy atom. The molecule has 0 aromatic heterocycles. The zero-order valence-corrected chi connectivity index (χ0v) is 5.90. The van der Waals surface area contributed by atoms with Crippen LogP contribution in [0.25, 0.3) is 0 Å². The molecule has 0 aromatic carbocycles. The summed E-state index contributed by atoms with van der Waals surface area (Å²) < 4.78 is 0. The third-order valence-corrected chi connectivity index (χ3v) is 2.10. The Morgan fingerprint density at radius 1 is 1.44 bits per heavy atom. The normalized spacial score (nSPS) is 19.7. The van der Waals surface area contributed by atoms with Gasteiger partial charge in [-0.3, -0.25) is 0 Å². The third kappa shape index (κ3) is 2.33. The average molecular weight is 128 g/mol. The first-order valence-electron chi connectivity index (χ1n) is 3.84. The number of rotatable bonds is 4. The second-order valence-electron chi connectivity index (χ2n) is 2.79. The van der Waals surface area contributed by atoms with Crippen LogP contribution in [0.2, 0.25) is 0 Å². The van der Waals surface area contributed by atoms with Crippen molar-refractivity contribution < 1.29 is 0 Å². The van der Waals surface area contributed by atoms with Crippen molar-refractivity contribution in [2.45, 2.75) is 25.7 Å². The maximum absolute atomic E-state index is 5.26. The van der Waals surface area contributed by atoms with Crippen LogP contribution in [0.4, 0.5) is 0 Å². The molecule has 0 aromatic rings. The van der Waals surface area contributed by atoms with Crippen LogP contribution < -0.4 is 11.1 Å². The van der Waals surface area contributed by atoms with Gasteiger partial charge in [0.05, 0.1) is 0 Å². The highest BCUT2D eigenvalue weighted by atomic mass is 14.9. The molecule has 0 amide bonds. The number of hydrogen-bond donors (Lipinski definition) is 2. The van der Waals surface area contributed by atoms with E-state index in [0.717, 1.165) is 12.5 Å². The molecule has 0 radical (unpaired) electrons. The molecule has 0 unspecified atom stereocenters. The Kier molecular flexibility index (Phi) is 3.01. The molecule has 3 N–H and O–H groups in total. The van der Waals surface area contributed by atoms with Gasteiger partial charge in [0.1, 0.15) is 0 Å². The Labute approximate surface area is 56.8 Å². The Morgan fingerprint density at radius 2 is 2.22 bits per heavy atom. The van der Waals surface area contributed by atoms with Gasteiger partial charge in [-0.25, -0.2) is 0 Å². The molecule has 1 aliphatic rings. The van der Waals surface area contributed by atoms with Crippen LogP contribution in [0.3, 0.4) is 0 Å². The second-order valence-corrected chi connectivity index (χ2v) is 2.79. The first kappa shape index (κ1) is 7.03. The van der Waals surface area contributed by atoms with Crippen molar-refractivity contribution in [1.82, 2.24) is 5.32 Å². The second kappa shape index (κ2) is 3.85. The molecule has 0 atom stereocenters. The summed E-state index contributed by atoms with van der Waals surface area (Å²) in [6, 6.07) is 0. The molecule has 1 rings (SSSR count). The van der Waals surface area contributed by atoms with Gasteiger partial charge >= 0.3 is 0 Å². The quantitative estimate of drug-likeness (QED) is 0.431. The van der Waals surface area contributed by atoms with Gasteiger partial charge in [0.15, 0.2) is 0 Å². The number of nitrogens with one attached hydrogen (secondary N) is 1. The van der Waals surface area contributed by atoms with Crippen LogP contribution in [0.15, 0.2) is 0 Å². The largest absolute Gasteiger partial charge is 0.318 e. The molecule has 2 nitrogen and oxygen atoms in total. The predicted octanol–water partition coefficient (Wildman–Crippen LogP) is 0.682. The van der Waals surface area contributed by atoms with Crippen molar-refractivity contribution in [3.05, 3.63) is 0 Å². The molecule has 0 bridgehead atoms. The van der Waals surface area contributed by atoms with Gasteiger partial charge in [0.25, 0.3) is 0 Å². The lowest BCUT2D eigenvalue weighted by Gasteiger charge is -2.24. The number of hydrogen-bond acceptors (Lipinski definition) is 2. The minimum atomic E-state index is 0.632. The first-order valence-corrected chi connectivity index (χ1v) is 3.84. The van der Waals surface area contributed by atoms with E-state index >= 15 is 0 Å². The Balaban J connectivity index is 1.80. The van der Waals surface area contributed by atoms with Crippen molar-refractivity contribution in [2.75, 3.05) is 13.2 Å². The van der Waals surface area contributed by atoms with Crippen LogP contribution in [0, 0.1) is 5.92 Å². The molecule has 1 saturated carbocycles. The van der Waals surface area contributed by atoms with Crippen LogP contribution in [0.5, 0.6) is 0 Å². The van der Waals surface area contributed by atoms with Crippen LogP contribution in [-0.4, -0.2) is 13.2 Å². The van der Waals surface area contributed by atoms with E-state index in [1.54, 1.807) is 0 Å². The summed E-state index contributed by atoms with van der Waals surface area (Å²) in [5.41, 5.74) is 5.26. The summed E-state index contributed by atoms with van der Waals surface area (Å²) in [6.07, 6.45) is 5.68. The Bertz CT molecular complexity index is 69.3. The zero-order chi connectivity index (χ0) is 6.53. The summed E-state index contributed by atoms with van der Waals surface area (Å²) in [7, 11) is 0. The SMILES string of the molecule is NCNCCC1CCC1. The molecule has 1 aliphatic carbocycles. The summed E-state index contributed by atoms with van der Waals surface area (Å²) in [6.45, 7) is 1.74. The van der Waals surface area contributed by atoms with Crippen LogP contribution in [0.1, 0.15) is 25.7 Å². The lowest BCUT2D eigenvalue weighted by molar-refractivity contribution is 0.293. The minimum Gasteiger partial charge on any atom is -0.318 e. The van der Waals surface area contributed by atoms with E-state index in [-0.39, 0.29) is 0 Å². The van der Waals surface area contributed by atoms with Gasteiger partial charge in [0, 0.05) is 6.67 Å². The maximum atomic E-state index is 5.26. The molecule has 9 heavy (non-hydrogen) atoms. The van der Waals surface area contributed by atoms with Crippen molar-refractivity contribution in [3.8, 4) is 0 Å². The van der Waals surface area contributed by atoms with Gasteiger partial charge in [-0.1, -0.05) is 19.3 Å². The van der Waals surface area contributed by atoms with Gasteiger partial charge in [-0.2, -0.15) is 0 Å². The van der Waals surface area contributed by atoms with E-state index in [1.807, 2.05) is 0 Å². The molecule has 0 saturated heterocycles. The minimum absolute atomic E-state index is 0.632. The van der Waals surface area contributed by atoms with Crippen molar-refractivity contribution in [2.24, 2.45) is 11.7 Å². The van der Waals surface area contributed by atoms with Crippen LogP contribution >= 0.6 is 0 Å². The summed E-state index contributed by atoms with van der Waals surface area (Å²) >= 11 is 0. The van der Waals surface area contributed by atoms with E-state index in [0.29, 0.717) is 6.67 Å². The van der Waals surface area contributed by atoms with E-state index in [2.05, 4.69) is 5.32 Å². The lowest BCUT2D eigenvalue weighted by atomic mass is 9.83. The summed E-state index contributed by atoms with van der Waals surface area (Å²) in [5, 5.41) is 3.13. The highest BCUT2D eigenvalue weighted by Gasteiger charge is 2.15. The van der Waals surface area contributed by atoms with Gasteiger partial charge < -0.3 is 11.1 Å².